The monoisotopic (exact) mass is 346 g/mol. The molecule has 0 unspecified atom stereocenters. The van der Waals surface area contributed by atoms with Crippen LogP contribution < -0.4 is 0 Å². The summed E-state index contributed by atoms with van der Waals surface area (Å²) in [5.74, 6) is 5.94. The quantitative estimate of drug-likeness (QED) is 0.443. The second-order valence-electron chi connectivity index (χ2n) is 7.20. The Morgan fingerprint density at radius 3 is 2.48 bits per heavy atom. The van der Waals surface area contributed by atoms with E-state index >= 15 is 0 Å². The fourth-order valence-corrected chi connectivity index (χ4v) is 2.40. The lowest BCUT2D eigenvalue weighted by Gasteiger charge is -2.33. The van der Waals surface area contributed by atoms with E-state index in [1.807, 2.05) is 0 Å². The first-order chi connectivity index (χ1) is 11.5. The lowest BCUT2D eigenvalue weighted by molar-refractivity contribution is -0.384. The van der Waals surface area contributed by atoms with E-state index in [0.29, 0.717) is 5.56 Å². The van der Waals surface area contributed by atoms with Crippen molar-refractivity contribution in [3.8, 4) is 11.8 Å². The van der Waals surface area contributed by atoms with Crippen LogP contribution in [0.1, 0.15) is 40.2 Å². The maximum Gasteiger partial charge on any atom is 0.413 e. The van der Waals surface area contributed by atoms with Gasteiger partial charge in [-0.1, -0.05) is 11.8 Å². The van der Waals surface area contributed by atoms with Gasteiger partial charge in [-0.25, -0.2) is 4.79 Å². The third-order valence-electron chi connectivity index (χ3n) is 3.54. The fourth-order valence-electron chi connectivity index (χ4n) is 2.40. The van der Waals surface area contributed by atoms with Gasteiger partial charge in [-0.2, -0.15) is 0 Å². The van der Waals surface area contributed by atoms with Gasteiger partial charge < -0.3 is 9.47 Å². The molecule has 1 heterocycles. The minimum Gasteiger partial charge on any atom is -0.444 e. The number of non-ortho nitro benzene ring substituents is 1. The minimum absolute atomic E-state index is 0.00580. The highest BCUT2D eigenvalue weighted by Crippen LogP contribution is 2.29. The van der Waals surface area contributed by atoms with Crippen LogP contribution >= 0.6 is 0 Å². The predicted octanol–water partition coefficient (Wildman–Crippen LogP) is 3.32. The molecule has 1 aliphatic rings. The lowest BCUT2D eigenvalue weighted by Crippen LogP contribution is -2.49. The van der Waals surface area contributed by atoms with Crippen LogP contribution in [-0.2, 0) is 9.47 Å². The highest BCUT2D eigenvalue weighted by atomic mass is 16.6. The number of carbonyl (C=O) groups excluding carboxylic acids is 1. The summed E-state index contributed by atoms with van der Waals surface area (Å²) < 4.78 is 11.1. The number of nitro benzene ring substituents is 1. The van der Waals surface area contributed by atoms with Crippen molar-refractivity contribution < 1.29 is 19.2 Å². The molecule has 1 fully saturated rings. The van der Waals surface area contributed by atoms with E-state index in [1.54, 1.807) is 46.8 Å². The number of nitrogens with zero attached hydrogens (tertiary/aromatic N) is 2. The summed E-state index contributed by atoms with van der Waals surface area (Å²) in [6, 6.07) is 5.48. The van der Waals surface area contributed by atoms with Crippen molar-refractivity contribution >= 4 is 11.8 Å². The Labute approximate surface area is 147 Å². The maximum atomic E-state index is 12.5. The van der Waals surface area contributed by atoms with Gasteiger partial charge in [0, 0.05) is 17.7 Å². The molecule has 0 aromatic heterocycles. The van der Waals surface area contributed by atoms with Gasteiger partial charge in [0.1, 0.15) is 17.4 Å². The van der Waals surface area contributed by atoms with Crippen LogP contribution in [0.2, 0.25) is 0 Å². The molecule has 1 amide bonds. The average Bonchev–Trinajstić information content (AvgIpc) is 2.78. The first-order valence-electron chi connectivity index (χ1n) is 7.92. The molecule has 0 aliphatic carbocycles. The number of rotatable bonds is 1. The number of ether oxygens (including phenoxy) is 2. The zero-order chi connectivity index (χ0) is 18.8. The highest BCUT2D eigenvalue weighted by molar-refractivity contribution is 5.70. The van der Waals surface area contributed by atoms with Crippen LogP contribution in [0.3, 0.4) is 0 Å². The largest absolute Gasteiger partial charge is 0.444 e. The summed E-state index contributed by atoms with van der Waals surface area (Å²) in [5.41, 5.74) is -0.811. The number of hydrogen-bond donors (Lipinski definition) is 0. The topological polar surface area (TPSA) is 81.9 Å². The molecule has 0 saturated carbocycles. The van der Waals surface area contributed by atoms with Crippen LogP contribution in [0.5, 0.6) is 0 Å². The summed E-state index contributed by atoms with van der Waals surface area (Å²) in [7, 11) is 0. The van der Waals surface area contributed by atoms with Crippen LogP contribution in [0, 0.1) is 22.0 Å². The maximum absolute atomic E-state index is 12.5. The van der Waals surface area contributed by atoms with Crippen molar-refractivity contribution in [3.63, 3.8) is 0 Å². The lowest BCUT2D eigenvalue weighted by atomic mass is 10.1. The molecule has 7 heteroatoms. The zero-order valence-corrected chi connectivity index (χ0v) is 15.0. The first kappa shape index (κ1) is 18.7. The Morgan fingerprint density at radius 2 is 1.96 bits per heavy atom. The molecule has 0 spiro atoms. The minimum atomic E-state index is -0.822. The van der Waals surface area contributed by atoms with Crippen molar-refractivity contribution in [2.75, 3.05) is 6.61 Å². The van der Waals surface area contributed by atoms with Gasteiger partial charge in [-0.3, -0.25) is 15.0 Å². The van der Waals surface area contributed by atoms with E-state index in [0.717, 1.165) is 0 Å². The summed E-state index contributed by atoms with van der Waals surface area (Å²) >= 11 is 0. The van der Waals surface area contributed by atoms with Gasteiger partial charge in [0.05, 0.1) is 11.5 Å². The Bertz CT molecular complexity index is 723. The molecule has 2 rings (SSSR count). The molecule has 7 nitrogen and oxygen atoms in total. The van der Waals surface area contributed by atoms with Crippen LogP contribution in [0.15, 0.2) is 24.3 Å². The number of amides is 1. The highest BCUT2D eigenvalue weighted by Gasteiger charge is 2.45. The summed E-state index contributed by atoms with van der Waals surface area (Å²) in [6.07, 6.45) is -0.488. The van der Waals surface area contributed by atoms with Gasteiger partial charge >= 0.3 is 6.09 Å². The number of carbonyl (C=O) groups is 1. The second-order valence-corrected chi connectivity index (χ2v) is 7.20. The van der Waals surface area contributed by atoms with Crippen molar-refractivity contribution in [1.29, 1.82) is 0 Å². The van der Waals surface area contributed by atoms with Gasteiger partial charge in [-0.05, 0) is 46.8 Å². The van der Waals surface area contributed by atoms with E-state index in [2.05, 4.69) is 11.8 Å². The normalized spacial score (nSPS) is 19.1. The third kappa shape index (κ3) is 4.70. The van der Waals surface area contributed by atoms with Crippen LogP contribution in [0.25, 0.3) is 0 Å². The predicted molar refractivity (Wildman–Crippen MR) is 91.9 cm³/mol. The number of nitro groups is 1. The van der Waals surface area contributed by atoms with Crippen LogP contribution in [0.4, 0.5) is 10.5 Å². The zero-order valence-electron chi connectivity index (χ0n) is 15.0. The van der Waals surface area contributed by atoms with Crippen molar-refractivity contribution in [1.82, 2.24) is 4.90 Å². The molecule has 1 aromatic rings. The average molecular weight is 346 g/mol. The molecule has 0 radical (unpaired) electrons. The third-order valence-corrected chi connectivity index (χ3v) is 3.54. The van der Waals surface area contributed by atoms with E-state index in [9.17, 15) is 14.9 Å². The summed E-state index contributed by atoms with van der Waals surface area (Å²) in [6.45, 7) is 9.23. The second kappa shape index (κ2) is 6.73. The van der Waals surface area contributed by atoms with Gasteiger partial charge in [0.15, 0.2) is 0 Å². The molecule has 25 heavy (non-hydrogen) atoms. The Balaban J connectivity index is 2.20. The first-order valence-corrected chi connectivity index (χ1v) is 7.92. The number of hydrogen-bond acceptors (Lipinski definition) is 5. The fraction of sp³-hybridized carbons (Fsp3) is 0.500. The summed E-state index contributed by atoms with van der Waals surface area (Å²) in [5, 5.41) is 10.7. The van der Waals surface area contributed by atoms with E-state index in [-0.39, 0.29) is 12.3 Å². The molecule has 134 valence electrons. The molecule has 1 aromatic carbocycles. The Morgan fingerprint density at radius 1 is 1.36 bits per heavy atom. The SMILES string of the molecule is CC(C)(C)OC(=O)N1[C@H](C#Cc2ccc([N+](=O)[O-])cc2)COC1(C)C. The Hall–Kier alpha value is -2.59. The van der Waals surface area contributed by atoms with Crippen molar-refractivity contribution in [2.45, 2.75) is 52.0 Å². The van der Waals surface area contributed by atoms with Gasteiger partial charge in [-0.15, -0.1) is 0 Å². The van der Waals surface area contributed by atoms with E-state index in [4.69, 9.17) is 9.47 Å². The van der Waals surface area contributed by atoms with Crippen molar-refractivity contribution in [2.24, 2.45) is 0 Å². The molecular weight excluding hydrogens is 324 g/mol. The molecule has 1 aliphatic heterocycles. The van der Waals surface area contributed by atoms with Gasteiger partial charge in [0.2, 0.25) is 0 Å². The molecule has 1 atom stereocenters. The molecule has 1 saturated heterocycles. The molecule has 0 N–H and O–H groups in total. The van der Waals surface area contributed by atoms with E-state index in [1.165, 1.54) is 17.0 Å². The van der Waals surface area contributed by atoms with Crippen molar-refractivity contribution in [3.05, 3.63) is 39.9 Å². The van der Waals surface area contributed by atoms with Gasteiger partial charge in [0.25, 0.3) is 5.69 Å². The standard InChI is InChI=1S/C18H22N2O5/c1-17(2,3)25-16(21)19-15(12-24-18(19,4)5)11-8-13-6-9-14(10-7-13)20(22)23/h6-7,9-10,15H,12H2,1-5H3/t15-/m1/s1. The summed E-state index contributed by atoms with van der Waals surface area (Å²) in [4.78, 5) is 24.2. The van der Waals surface area contributed by atoms with Crippen LogP contribution in [-0.4, -0.2) is 39.9 Å². The Kier molecular flexibility index (Phi) is 5.04. The molecular formula is C18H22N2O5. The molecule has 0 bridgehead atoms. The number of benzene rings is 1. The van der Waals surface area contributed by atoms with E-state index < -0.39 is 28.4 Å². The smallest absolute Gasteiger partial charge is 0.413 e.